The zero-order chi connectivity index (χ0) is 20.1. The molecule has 6 nitrogen and oxygen atoms in total. The average molecular weight is 380 g/mol. The Balaban J connectivity index is 1.55. The lowest BCUT2D eigenvalue weighted by Gasteiger charge is -2.12. The fraction of sp³-hybridized carbons (Fsp3) is 0.318. The Bertz CT molecular complexity index is 886. The van der Waals surface area contributed by atoms with Gasteiger partial charge in [-0.15, -0.1) is 0 Å². The molecule has 1 saturated carbocycles. The molecule has 0 atom stereocenters. The van der Waals surface area contributed by atoms with Crippen LogP contribution in [0.1, 0.15) is 42.1 Å². The number of Topliss-reactive ketones (excluding diaryl/α,β-unsaturated/α-hetero) is 1. The minimum Gasteiger partial charge on any atom is -0.484 e. The van der Waals surface area contributed by atoms with Gasteiger partial charge in [-0.1, -0.05) is 13.0 Å². The molecule has 0 unspecified atom stereocenters. The van der Waals surface area contributed by atoms with Gasteiger partial charge in [0.05, 0.1) is 0 Å². The first kappa shape index (κ1) is 19.6. The van der Waals surface area contributed by atoms with Crippen molar-refractivity contribution in [3.63, 3.8) is 0 Å². The number of ketones is 1. The predicted octanol–water partition coefficient (Wildman–Crippen LogP) is 3.95. The number of rotatable bonds is 8. The van der Waals surface area contributed by atoms with Crippen LogP contribution in [0.15, 0.2) is 42.5 Å². The van der Waals surface area contributed by atoms with Crippen LogP contribution in [0.25, 0.3) is 0 Å². The van der Waals surface area contributed by atoms with Crippen molar-refractivity contribution in [3.8, 4) is 5.75 Å². The number of hydrogen-bond donors (Lipinski definition) is 2. The molecule has 2 aromatic rings. The Kier molecular flexibility index (Phi) is 6.09. The number of anilines is 2. The van der Waals surface area contributed by atoms with Crippen molar-refractivity contribution in [3.05, 3.63) is 53.6 Å². The highest BCUT2D eigenvalue weighted by Gasteiger charge is 2.29. The summed E-state index contributed by atoms with van der Waals surface area (Å²) in [6.07, 6.45) is 2.32. The average Bonchev–Trinajstić information content (AvgIpc) is 3.54. The highest BCUT2D eigenvalue weighted by Crippen LogP contribution is 2.30. The fourth-order valence-corrected chi connectivity index (χ4v) is 2.70. The van der Waals surface area contributed by atoms with Crippen molar-refractivity contribution in [1.82, 2.24) is 0 Å². The molecule has 2 aromatic carbocycles. The summed E-state index contributed by atoms with van der Waals surface area (Å²) in [6.45, 7) is 3.54. The van der Waals surface area contributed by atoms with Crippen LogP contribution in [0, 0.1) is 12.8 Å². The highest BCUT2D eigenvalue weighted by atomic mass is 16.5. The molecule has 6 heteroatoms. The van der Waals surface area contributed by atoms with Crippen LogP contribution in [-0.4, -0.2) is 24.2 Å². The third kappa shape index (κ3) is 5.19. The maximum atomic E-state index is 12.2. The first-order chi connectivity index (χ1) is 13.5. The Labute approximate surface area is 164 Å². The summed E-state index contributed by atoms with van der Waals surface area (Å²) in [6, 6.07) is 12.2. The Morgan fingerprint density at radius 1 is 1.04 bits per heavy atom. The molecule has 0 aromatic heterocycles. The van der Waals surface area contributed by atoms with E-state index in [0.717, 1.165) is 18.4 Å². The second-order valence-corrected chi connectivity index (χ2v) is 6.93. The van der Waals surface area contributed by atoms with E-state index in [1.165, 1.54) is 0 Å². The van der Waals surface area contributed by atoms with Gasteiger partial charge in [0, 0.05) is 29.3 Å². The molecule has 0 spiro atoms. The second kappa shape index (κ2) is 8.69. The third-order valence-electron chi connectivity index (χ3n) is 4.59. The number of benzene rings is 2. The highest BCUT2D eigenvalue weighted by molar-refractivity contribution is 5.97. The van der Waals surface area contributed by atoms with Gasteiger partial charge in [0.25, 0.3) is 5.91 Å². The van der Waals surface area contributed by atoms with E-state index >= 15 is 0 Å². The van der Waals surface area contributed by atoms with Crippen molar-refractivity contribution >= 4 is 29.0 Å². The van der Waals surface area contributed by atoms with Gasteiger partial charge in [0.1, 0.15) is 5.75 Å². The quantitative estimate of drug-likeness (QED) is 0.679. The van der Waals surface area contributed by atoms with E-state index in [4.69, 9.17) is 4.74 Å². The number of hydrogen-bond acceptors (Lipinski definition) is 4. The molecule has 0 aliphatic heterocycles. The molecule has 2 N–H and O–H groups in total. The van der Waals surface area contributed by atoms with Crippen molar-refractivity contribution in [2.75, 3.05) is 17.2 Å². The molecule has 0 radical (unpaired) electrons. The minimum absolute atomic E-state index is 0.0227. The molecule has 1 fully saturated rings. The van der Waals surface area contributed by atoms with Gasteiger partial charge in [0.15, 0.2) is 12.4 Å². The van der Waals surface area contributed by atoms with Gasteiger partial charge in [0.2, 0.25) is 5.91 Å². The van der Waals surface area contributed by atoms with Crippen molar-refractivity contribution < 1.29 is 19.1 Å². The maximum absolute atomic E-state index is 12.2. The number of carbonyl (C=O) groups is 3. The van der Waals surface area contributed by atoms with E-state index < -0.39 is 0 Å². The van der Waals surface area contributed by atoms with Crippen molar-refractivity contribution in [2.45, 2.75) is 33.1 Å². The first-order valence-electron chi connectivity index (χ1n) is 9.43. The standard InChI is InChI=1S/C22H24N2O4/c1-3-20(25)15-7-10-18(11-8-15)28-13-21(26)24-19-12-17(9-4-14(19)2)23-22(27)16-5-6-16/h4,7-12,16H,3,5-6,13H2,1-2H3,(H,23,27)(H,24,26). The first-order valence-corrected chi connectivity index (χ1v) is 9.43. The summed E-state index contributed by atoms with van der Waals surface area (Å²) in [5.41, 5.74) is 2.81. The number of aryl methyl sites for hydroxylation is 1. The van der Waals surface area contributed by atoms with Gasteiger partial charge < -0.3 is 15.4 Å². The second-order valence-electron chi connectivity index (χ2n) is 6.93. The van der Waals surface area contributed by atoms with Crippen LogP contribution in [0.4, 0.5) is 11.4 Å². The molecule has 146 valence electrons. The molecule has 1 aliphatic rings. The Hall–Kier alpha value is -3.15. The number of amides is 2. The van der Waals surface area contributed by atoms with Gasteiger partial charge in [-0.2, -0.15) is 0 Å². The van der Waals surface area contributed by atoms with Gasteiger partial charge >= 0.3 is 0 Å². The maximum Gasteiger partial charge on any atom is 0.262 e. The monoisotopic (exact) mass is 380 g/mol. The lowest BCUT2D eigenvalue weighted by atomic mass is 10.1. The summed E-state index contributed by atoms with van der Waals surface area (Å²) in [5, 5.41) is 5.68. The molecular formula is C22H24N2O4. The molecule has 28 heavy (non-hydrogen) atoms. The van der Waals surface area contributed by atoms with Crippen LogP contribution in [0.3, 0.4) is 0 Å². The fourth-order valence-electron chi connectivity index (χ4n) is 2.70. The molecule has 1 aliphatic carbocycles. The van der Waals surface area contributed by atoms with Gasteiger partial charge in [-0.25, -0.2) is 0 Å². The van der Waals surface area contributed by atoms with E-state index in [2.05, 4.69) is 10.6 Å². The van der Waals surface area contributed by atoms with Crippen LogP contribution >= 0.6 is 0 Å². The normalized spacial score (nSPS) is 12.9. The number of ether oxygens (including phenoxy) is 1. The van der Waals surface area contributed by atoms with Crippen LogP contribution in [-0.2, 0) is 9.59 Å². The SMILES string of the molecule is CCC(=O)c1ccc(OCC(=O)Nc2cc(NC(=O)C3CC3)ccc2C)cc1. The molecule has 3 rings (SSSR count). The van der Waals surface area contributed by atoms with Crippen molar-refractivity contribution in [2.24, 2.45) is 5.92 Å². The molecule has 0 bridgehead atoms. The Morgan fingerprint density at radius 3 is 2.39 bits per heavy atom. The van der Waals surface area contributed by atoms with Gasteiger partial charge in [-0.05, 0) is 61.7 Å². The van der Waals surface area contributed by atoms with E-state index in [-0.39, 0.29) is 30.1 Å². The van der Waals surface area contributed by atoms with Crippen LogP contribution in [0.5, 0.6) is 5.75 Å². The summed E-state index contributed by atoms with van der Waals surface area (Å²) in [7, 11) is 0. The summed E-state index contributed by atoms with van der Waals surface area (Å²) in [5.74, 6) is 0.419. The van der Waals surface area contributed by atoms with E-state index in [1.807, 2.05) is 26.0 Å². The molecular weight excluding hydrogens is 356 g/mol. The largest absolute Gasteiger partial charge is 0.484 e. The van der Waals surface area contributed by atoms with E-state index in [0.29, 0.717) is 29.1 Å². The van der Waals surface area contributed by atoms with Crippen LogP contribution < -0.4 is 15.4 Å². The number of carbonyl (C=O) groups excluding carboxylic acids is 3. The zero-order valence-electron chi connectivity index (χ0n) is 16.1. The molecule has 0 heterocycles. The van der Waals surface area contributed by atoms with E-state index in [1.54, 1.807) is 30.3 Å². The summed E-state index contributed by atoms with van der Waals surface area (Å²) < 4.78 is 5.49. The minimum atomic E-state index is -0.303. The third-order valence-corrected chi connectivity index (χ3v) is 4.59. The number of nitrogens with one attached hydrogen (secondary N) is 2. The predicted molar refractivity (Wildman–Crippen MR) is 108 cm³/mol. The smallest absolute Gasteiger partial charge is 0.262 e. The van der Waals surface area contributed by atoms with Crippen molar-refractivity contribution in [1.29, 1.82) is 0 Å². The molecule has 2 amide bonds. The summed E-state index contributed by atoms with van der Waals surface area (Å²) in [4.78, 5) is 35.8. The zero-order valence-corrected chi connectivity index (χ0v) is 16.1. The molecule has 0 saturated heterocycles. The van der Waals surface area contributed by atoms with Gasteiger partial charge in [-0.3, -0.25) is 14.4 Å². The lowest BCUT2D eigenvalue weighted by molar-refractivity contribution is -0.118. The Morgan fingerprint density at radius 2 is 1.75 bits per heavy atom. The lowest BCUT2D eigenvalue weighted by Crippen LogP contribution is -2.21. The van der Waals surface area contributed by atoms with Crippen LogP contribution in [0.2, 0.25) is 0 Å². The topological polar surface area (TPSA) is 84.5 Å². The summed E-state index contributed by atoms with van der Waals surface area (Å²) >= 11 is 0. The van der Waals surface area contributed by atoms with E-state index in [9.17, 15) is 14.4 Å².